The Morgan fingerprint density at radius 3 is 2.88 bits per heavy atom. The summed E-state index contributed by atoms with van der Waals surface area (Å²) in [6.45, 7) is 0.385. The third kappa shape index (κ3) is 5.41. The lowest BCUT2D eigenvalue weighted by molar-refractivity contribution is 0.564. The van der Waals surface area contributed by atoms with Crippen molar-refractivity contribution < 1.29 is 4.79 Å². The van der Waals surface area contributed by atoms with Gasteiger partial charge in [-0.3, -0.25) is 0 Å². The van der Waals surface area contributed by atoms with Crippen LogP contribution in [-0.4, -0.2) is 18.5 Å². The van der Waals surface area contributed by atoms with Crippen LogP contribution in [0.15, 0.2) is 17.1 Å². The van der Waals surface area contributed by atoms with Crippen molar-refractivity contribution in [2.24, 2.45) is 4.99 Å². The number of rotatable bonds is 3. The second kappa shape index (κ2) is 6.41. The molecule has 0 heterocycles. The van der Waals surface area contributed by atoms with Crippen molar-refractivity contribution >= 4 is 17.7 Å². The van der Waals surface area contributed by atoms with Gasteiger partial charge in [-0.15, -0.1) is 11.6 Å². The van der Waals surface area contributed by atoms with Crippen molar-refractivity contribution in [1.29, 1.82) is 0 Å². The molecule has 0 amide bonds. The van der Waals surface area contributed by atoms with E-state index in [0.29, 0.717) is 12.4 Å². The molecule has 8 heavy (non-hydrogen) atoms. The van der Waals surface area contributed by atoms with E-state index in [1.807, 2.05) is 0 Å². The van der Waals surface area contributed by atoms with Crippen LogP contribution in [0.5, 0.6) is 0 Å². The summed E-state index contributed by atoms with van der Waals surface area (Å²) in [5.41, 5.74) is 0. The Morgan fingerprint density at radius 2 is 2.38 bits per heavy atom. The minimum absolute atomic E-state index is 0.385. The number of allylic oxidation sites excluding steroid dienone is 1. The van der Waals surface area contributed by atoms with E-state index < -0.39 is 0 Å². The number of hydrogen-bond acceptors (Lipinski definition) is 2. The van der Waals surface area contributed by atoms with E-state index in [2.05, 4.69) is 4.99 Å². The first kappa shape index (κ1) is 7.41. The first-order chi connectivity index (χ1) is 3.91. The summed E-state index contributed by atoms with van der Waals surface area (Å²) >= 11 is 5.25. The highest BCUT2D eigenvalue weighted by atomic mass is 35.5. The molecule has 0 aliphatic rings. The minimum Gasteiger partial charge on any atom is -0.211 e. The maximum Gasteiger partial charge on any atom is 0.235 e. The van der Waals surface area contributed by atoms with Crippen molar-refractivity contribution in [2.75, 3.05) is 12.4 Å². The lowest BCUT2D eigenvalue weighted by atomic mass is 10.5. The maximum atomic E-state index is 9.41. The fourth-order valence-electron chi connectivity index (χ4n) is 0.228. The number of isocyanates is 1. The lowest BCUT2D eigenvalue weighted by Gasteiger charge is -1.73. The van der Waals surface area contributed by atoms with Gasteiger partial charge in [0.15, 0.2) is 0 Å². The van der Waals surface area contributed by atoms with Gasteiger partial charge in [0.05, 0.1) is 6.54 Å². The molecule has 0 aromatic carbocycles. The molecule has 2 nitrogen and oxygen atoms in total. The van der Waals surface area contributed by atoms with Crippen LogP contribution in [0, 0.1) is 0 Å². The van der Waals surface area contributed by atoms with E-state index in [4.69, 9.17) is 11.6 Å². The van der Waals surface area contributed by atoms with Crippen molar-refractivity contribution in [3.63, 3.8) is 0 Å². The SMILES string of the molecule is O=C=NC/C=C/CCl. The highest BCUT2D eigenvalue weighted by molar-refractivity contribution is 6.18. The molecule has 44 valence electrons. The monoisotopic (exact) mass is 131 g/mol. The molecule has 0 fully saturated rings. The number of aliphatic imine (C=N–C) groups is 1. The van der Waals surface area contributed by atoms with Crippen LogP contribution in [0.1, 0.15) is 0 Å². The quantitative estimate of drug-likeness (QED) is 0.244. The predicted octanol–water partition coefficient (Wildman–Crippen LogP) is 1.12. The third-order valence-corrected chi connectivity index (χ3v) is 0.695. The Labute approximate surface area is 52.9 Å². The van der Waals surface area contributed by atoms with Crippen molar-refractivity contribution in [3.05, 3.63) is 12.2 Å². The van der Waals surface area contributed by atoms with Crippen molar-refractivity contribution in [2.45, 2.75) is 0 Å². The zero-order valence-corrected chi connectivity index (χ0v) is 5.06. The molecule has 0 rings (SSSR count). The fourth-order valence-corrected chi connectivity index (χ4v) is 0.353. The van der Waals surface area contributed by atoms with Crippen LogP contribution < -0.4 is 0 Å². The van der Waals surface area contributed by atoms with E-state index >= 15 is 0 Å². The van der Waals surface area contributed by atoms with Crippen LogP contribution in [-0.2, 0) is 4.79 Å². The average molecular weight is 132 g/mol. The van der Waals surface area contributed by atoms with Gasteiger partial charge in [-0.25, -0.2) is 9.79 Å². The molecule has 0 bridgehead atoms. The summed E-state index contributed by atoms with van der Waals surface area (Å²) in [4.78, 5) is 12.7. The normalized spacial score (nSPS) is 9.12. The molecule has 0 spiro atoms. The number of hydrogen-bond donors (Lipinski definition) is 0. The molecular weight excluding hydrogens is 126 g/mol. The van der Waals surface area contributed by atoms with Crippen LogP contribution in [0.25, 0.3) is 0 Å². The van der Waals surface area contributed by atoms with Crippen LogP contribution in [0.3, 0.4) is 0 Å². The summed E-state index contributed by atoms with van der Waals surface area (Å²) in [7, 11) is 0. The molecule has 0 radical (unpaired) electrons. The summed E-state index contributed by atoms with van der Waals surface area (Å²) in [5.74, 6) is 0.467. The summed E-state index contributed by atoms with van der Waals surface area (Å²) in [6, 6.07) is 0. The molecule has 0 aromatic rings. The van der Waals surface area contributed by atoms with Crippen molar-refractivity contribution in [3.8, 4) is 0 Å². The minimum atomic E-state index is 0.385. The first-order valence-corrected chi connectivity index (χ1v) is 2.70. The third-order valence-electron chi connectivity index (χ3n) is 0.517. The topological polar surface area (TPSA) is 29.4 Å². The van der Waals surface area contributed by atoms with Gasteiger partial charge in [0.1, 0.15) is 0 Å². The maximum absolute atomic E-state index is 9.41. The van der Waals surface area contributed by atoms with Gasteiger partial charge in [0.25, 0.3) is 0 Å². The second-order valence-electron chi connectivity index (χ2n) is 1.06. The van der Waals surface area contributed by atoms with E-state index in [-0.39, 0.29) is 0 Å². The smallest absolute Gasteiger partial charge is 0.211 e. The van der Waals surface area contributed by atoms with E-state index in [1.54, 1.807) is 12.2 Å². The van der Waals surface area contributed by atoms with Gasteiger partial charge in [-0.2, -0.15) is 0 Å². The first-order valence-electron chi connectivity index (χ1n) is 2.16. The molecule has 0 unspecified atom stereocenters. The van der Waals surface area contributed by atoms with Gasteiger partial charge < -0.3 is 0 Å². The second-order valence-corrected chi connectivity index (χ2v) is 1.37. The Bertz CT molecular complexity index is 116. The van der Waals surface area contributed by atoms with Crippen LogP contribution in [0.4, 0.5) is 0 Å². The van der Waals surface area contributed by atoms with E-state index in [1.165, 1.54) is 6.08 Å². The van der Waals surface area contributed by atoms with Gasteiger partial charge in [0.2, 0.25) is 6.08 Å². The molecule has 0 aliphatic heterocycles. The Hall–Kier alpha value is -0.590. The Kier molecular flexibility index (Phi) is 5.94. The molecule has 0 N–H and O–H groups in total. The van der Waals surface area contributed by atoms with E-state index in [9.17, 15) is 4.79 Å². The largest absolute Gasteiger partial charge is 0.235 e. The summed E-state index contributed by atoms with van der Waals surface area (Å²) in [6.07, 6.45) is 4.84. The summed E-state index contributed by atoms with van der Waals surface area (Å²) in [5, 5.41) is 0. The lowest BCUT2D eigenvalue weighted by Crippen LogP contribution is -1.69. The fraction of sp³-hybridized carbons (Fsp3) is 0.400. The highest BCUT2D eigenvalue weighted by Gasteiger charge is 1.67. The van der Waals surface area contributed by atoms with Gasteiger partial charge in [0, 0.05) is 5.88 Å². The molecule has 0 saturated heterocycles. The molecule has 3 heteroatoms. The van der Waals surface area contributed by atoms with E-state index in [0.717, 1.165) is 0 Å². The highest BCUT2D eigenvalue weighted by Crippen LogP contribution is 1.77. The molecule has 0 aliphatic carbocycles. The molecule has 0 saturated carbocycles. The van der Waals surface area contributed by atoms with Gasteiger partial charge in [-0.05, 0) is 0 Å². The zero-order chi connectivity index (χ0) is 6.24. The molecule has 0 aromatic heterocycles. The molecule has 0 atom stereocenters. The average Bonchev–Trinajstić information content (AvgIpc) is 1.81. The summed E-state index contributed by atoms with van der Waals surface area (Å²) < 4.78 is 0. The van der Waals surface area contributed by atoms with Gasteiger partial charge >= 0.3 is 0 Å². The van der Waals surface area contributed by atoms with Gasteiger partial charge in [-0.1, -0.05) is 12.2 Å². The molecular formula is C5H6ClNO. The van der Waals surface area contributed by atoms with Crippen LogP contribution in [0.2, 0.25) is 0 Å². The predicted molar refractivity (Wildman–Crippen MR) is 32.8 cm³/mol. The zero-order valence-electron chi connectivity index (χ0n) is 4.30. The Balaban J connectivity index is 3.15. The van der Waals surface area contributed by atoms with Crippen molar-refractivity contribution in [1.82, 2.24) is 0 Å². The standard InChI is InChI=1S/C5H6ClNO/c6-3-1-2-4-7-5-8/h1-2H,3-4H2/b2-1+. The number of nitrogens with zero attached hydrogens (tertiary/aromatic N) is 1. The number of halogens is 1. The number of carbonyl (C=O) groups excluding carboxylic acids is 1. The Morgan fingerprint density at radius 1 is 1.62 bits per heavy atom. The van der Waals surface area contributed by atoms with Crippen LogP contribution >= 0.6 is 11.6 Å². The number of alkyl halides is 1.